The first kappa shape index (κ1) is 15.2. The van der Waals surface area contributed by atoms with Gasteiger partial charge in [0.15, 0.2) is 0 Å². The van der Waals surface area contributed by atoms with E-state index < -0.39 is 16.0 Å². The van der Waals surface area contributed by atoms with Gasteiger partial charge in [0.2, 0.25) is 10.0 Å². The van der Waals surface area contributed by atoms with Crippen LogP contribution in [0.2, 0.25) is 0 Å². The molecule has 0 fully saturated rings. The fraction of sp³-hybridized carbons (Fsp3) is 0.231. The van der Waals surface area contributed by atoms with E-state index in [1.54, 1.807) is 24.5 Å². The maximum atomic E-state index is 12.4. The Morgan fingerprint density at radius 3 is 2.52 bits per heavy atom. The minimum absolute atomic E-state index is 0.0426. The lowest BCUT2D eigenvalue weighted by Gasteiger charge is -2.16. The number of aryl methyl sites for hydroxylation is 1. The number of hydrogen-bond donors (Lipinski definition) is 1. The number of rotatable bonds is 5. The molecule has 0 bridgehead atoms. The van der Waals surface area contributed by atoms with Crippen LogP contribution in [0.25, 0.3) is 0 Å². The van der Waals surface area contributed by atoms with Gasteiger partial charge in [-0.15, -0.1) is 0 Å². The molecule has 7 nitrogen and oxygen atoms in total. The summed E-state index contributed by atoms with van der Waals surface area (Å²) in [4.78, 5) is 14.8. The van der Waals surface area contributed by atoms with E-state index in [1.165, 1.54) is 29.2 Å². The highest BCUT2D eigenvalue weighted by atomic mass is 32.2. The number of pyridine rings is 1. The van der Waals surface area contributed by atoms with Gasteiger partial charge in [0.1, 0.15) is 10.6 Å². The van der Waals surface area contributed by atoms with E-state index in [0.717, 1.165) is 11.6 Å². The summed E-state index contributed by atoms with van der Waals surface area (Å²) < 4.78 is 27.3. The molecule has 0 saturated carbocycles. The summed E-state index contributed by atoms with van der Waals surface area (Å²) in [5, 5.41) is 8.98. The molecule has 0 aliphatic heterocycles. The second-order valence-corrected chi connectivity index (χ2v) is 6.64. The molecule has 0 aliphatic carbocycles. The molecule has 2 aromatic heterocycles. The van der Waals surface area contributed by atoms with Gasteiger partial charge in [-0.1, -0.05) is 0 Å². The summed E-state index contributed by atoms with van der Waals surface area (Å²) in [7, 11) is -0.805. The largest absolute Gasteiger partial charge is 0.477 e. The van der Waals surface area contributed by atoms with Gasteiger partial charge in [0.25, 0.3) is 0 Å². The number of carboxylic acid groups (broad SMARTS) is 1. The third-order valence-electron chi connectivity index (χ3n) is 3.06. The third-order valence-corrected chi connectivity index (χ3v) is 4.83. The zero-order valence-electron chi connectivity index (χ0n) is 11.6. The molecule has 0 saturated heterocycles. The normalized spacial score (nSPS) is 11.8. The minimum atomic E-state index is -3.74. The number of carbonyl (C=O) groups is 1. The summed E-state index contributed by atoms with van der Waals surface area (Å²) in [5.41, 5.74) is 0.719. The predicted octanol–water partition coefficient (Wildman–Crippen LogP) is 0.939. The van der Waals surface area contributed by atoms with Crippen molar-refractivity contribution in [3.8, 4) is 0 Å². The average molecular weight is 309 g/mol. The van der Waals surface area contributed by atoms with E-state index in [9.17, 15) is 13.2 Å². The summed E-state index contributed by atoms with van der Waals surface area (Å²) in [6, 6.07) is 4.60. The van der Waals surface area contributed by atoms with Crippen LogP contribution < -0.4 is 0 Å². The van der Waals surface area contributed by atoms with E-state index in [2.05, 4.69) is 4.98 Å². The number of aromatic carboxylic acids is 1. The summed E-state index contributed by atoms with van der Waals surface area (Å²) in [6.07, 6.45) is 4.46. The Hall–Kier alpha value is -2.19. The zero-order chi connectivity index (χ0) is 15.6. The molecule has 21 heavy (non-hydrogen) atoms. The van der Waals surface area contributed by atoms with E-state index in [1.807, 2.05) is 0 Å². The first-order valence-electron chi connectivity index (χ1n) is 6.07. The molecule has 2 aromatic rings. The Labute approximate surface area is 122 Å². The molecule has 0 aromatic carbocycles. The first-order valence-corrected chi connectivity index (χ1v) is 7.51. The highest BCUT2D eigenvalue weighted by Gasteiger charge is 2.24. The molecule has 112 valence electrons. The molecule has 2 rings (SSSR count). The molecular weight excluding hydrogens is 294 g/mol. The summed E-state index contributed by atoms with van der Waals surface area (Å²) in [6.45, 7) is 0.183. The maximum Gasteiger partial charge on any atom is 0.352 e. The van der Waals surface area contributed by atoms with Crippen molar-refractivity contribution in [1.82, 2.24) is 13.9 Å². The van der Waals surface area contributed by atoms with Crippen LogP contribution in [0.15, 0.2) is 41.7 Å². The number of nitrogens with zero attached hydrogens (tertiary/aromatic N) is 3. The smallest absolute Gasteiger partial charge is 0.352 e. The second kappa shape index (κ2) is 5.66. The molecule has 0 radical (unpaired) electrons. The quantitative estimate of drug-likeness (QED) is 0.887. The predicted molar refractivity (Wildman–Crippen MR) is 75.3 cm³/mol. The van der Waals surface area contributed by atoms with Crippen molar-refractivity contribution in [1.29, 1.82) is 0 Å². The van der Waals surface area contributed by atoms with Crippen LogP contribution >= 0.6 is 0 Å². The van der Waals surface area contributed by atoms with Gasteiger partial charge >= 0.3 is 5.97 Å². The Kier molecular flexibility index (Phi) is 4.10. The van der Waals surface area contributed by atoms with Crippen molar-refractivity contribution in [3.63, 3.8) is 0 Å². The fourth-order valence-corrected chi connectivity index (χ4v) is 3.13. The first-order chi connectivity index (χ1) is 9.82. The number of aromatic nitrogens is 2. The molecule has 2 heterocycles. The van der Waals surface area contributed by atoms with Crippen molar-refractivity contribution in [2.24, 2.45) is 7.05 Å². The molecule has 0 amide bonds. The van der Waals surface area contributed by atoms with Crippen molar-refractivity contribution < 1.29 is 18.3 Å². The monoisotopic (exact) mass is 309 g/mol. The number of hydrogen-bond acceptors (Lipinski definition) is 4. The lowest BCUT2D eigenvalue weighted by molar-refractivity contribution is 0.0686. The molecule has 0 spiro atoms. The minimum Gasteiger partial charge on any atom is -0.477 e. The highest BCUT2D eigenvalue weighted by molar-refractivity contribution is 7.89. The van der Waals surface area contributed by atoms with Crippen molar-refractivity contribution >= 4 is 16.0 Å². The average Bonchev–Trinajstić information content (AvgIpc) is 2.82. The van der Waals surface area contributed by atoms with Gasteiger partial charge in [-0.3, -0.25) is 4.98 Å². The molecule has 0 atom stereocenters. The standard InChI is InChI=1S/C13H15N3O4S/c1-15-9-11(7-12(15)13(17)18)21(19,20)16(2)8-10-3-5-14-6-4-10/h3-7,9H,8H2,1-2H3,(H,17,18). The van der Waals surface area contributed by atoms with Gasteiger partial charge in [0.05, 0.1) is 0 Å². The number of carboxylic acids is 1. The van der Waals surface area contributed by atoms with E-state index >= 15 is 0 Å². The van der Waals surface area contributed by atoms with Gasteiger partial charge in [-0.2, -0.15) is 4.31 Å². The van der Waals surface area contributed by atoms with Gasteiger partial charge in [-0.25, -0.2) is 13.2 Å². The topological polar surface area (TPSA) is 92.5 Å². The SMILES string of the molecule is CN(Cc1ccncc1)S(=O)(=O)c1cc(C(=O)O)n(C)c1. The van der Waals surface area contributed by atoms with Gasteiger partial charge < -0.3 is 9.67 Å². The Balaban J connectivity index is 2.29. The van der Waals surface area contributed by atoms with Crippen LogP contribution in [0.3, 0.4) is 0 Å². The van der Waals surface area contributed by atoms with Crippen LogP contribution in [-0.4, -0.2) is 40.4 Å². The Morgan fingerprint density at radius 1 is 1.38 bits per heavy atom. The van der Waals surface area contributed by atoms with E-state index in [-0.39, 0.29) is 17.1 Å². The van der Waals surface area contributed by atoms with Crippen LogP contribution in [-0.2, 0) is 23.6 Å². The lowest BCUT2D eigenvalue weighted by atomic mass is 10.3. The van der Waals surface area contributed by atoms with Crippen LogP contribution in [0.1, 0.15) is 16.1 Å². The second-order valence-electron chi connectivity index (χ2n) is 4.59. The molecule has 0 unspecified atom stereocenters. The van der Waals surface area contributed by atoms with Crippen LogP contribution in [0.5, 0.6) is 0 Å². The van der Waals surface area contributed by atoms with Crippen LogP contribution in [0.4, 0.5) is 0 Å². The van der Waals surface area contributed by atoms with Gasteiger partial charge in [-0.05, 0) is 23.8 Å². The van der Waals surface area contributed by atoms with Crippen molar-refractivity contribution in [2.45, 2.75) is 11.4 Å². The third kappa shape index (κ3) is 3.11. The van der Waals surface area contributed by atoms with Crippen LogP contribution in [0, 0.1) is 0 Å². The summed E-state index contributed by atoms with van der Waals surface area (Å²) >= 11 is 0. The van der Waals surface area contributed by atoms with Gasteiger partial charge in [0, 0.05) is 39.2 Å². The molecular formula is C13H15N3O4S. The highest BCUT2D eigenvalue weighted by Crippen LogP contribution is 2.19. The zero-order valence-corrected chi connectivity index (χ0v) is 12.4. The van der Waals surface area contributed by atoms with E-state index in [4.69, 9.17) is 5.11 Å². The Bertz CT molecular complexity index is 753. The molecule has 1 N–H and O–H groups in total. The van der Waals surface area contributed by atoms with Crippen molar-refractivity contribution in [3.05, 3.63) is 48.0 Å². The summed E-state index contributed by atoms with van der Waals surface area (Å²) in [5.74, 6) is -1.17. The molecule has 8 heteroatoms. The van der Waals surface area contributed by atoms with E-state index in [0.29, 0.717) is 0 Å². The fourth-order valence-electron chi connectivity index (χ4n) is 1.90. The molecule has 0 aliphatic rings. The number of sulfonamides is 1. The Morgan fingerprint density at radius 2 is 2.00 bits per heavy atom. The maximum absolute atomic E-state index is 12.4. The van der Waals surface area contributed by atoms with Crippen molar-refractivity contribution in [2.75, 3.05) is 7.05 Å². The lowest BCUT2D eigenvalue weighted by Crippen LogP contribution is -2.26.